The van der Waals surface area contributed by atoms with Crippen molar-refractivity contribution in [3.63, 3.8) is 0 Å². The van der Waals surface area contributed by atoms with Crippen molar-refractivity contribution in [2.45, 2.75) is 27.7 Å². The van der Waals surface area contributed by atoms with Gasteiger partial charge in [0, 0.05) is 0 Å². The van der Waals surface area contributed by atoms with Crippen molar-refractivity contribution in [2.75, 3.05) is 0 Å². The summed E-state index contributed by atoms with van der Waals surface area (Å²) in [4.78, 5) is 0. The van der Waals surface area contributed by atoms with Gasteiger partial charge in [0.1, 0.15) is 6.15 Å². The quantitative estimate of drug-likeness (QED) is 0.467. The van der Waals surface area contributed by atoms with E-state index >= 15 is 0 Å². The third-order valence-electron chi connectivity index (χ3n) is 6.17. The van der Waals surface area contributed by atoms with Crippen LogP contribution in [-0.2, 0) is 0 Å². The molecule has 0 aliphatic heterocycles. The van der Waals surface area contributed by atoms with Crippen LogP contribution in [0.2, 0.25) is 0 Å². The third kappa shape index (κ3) is 4.06. The van der Waals surface area contributed by atoms with Crippen LogP contribution >= 0.6 is 0 Å². The summed E-state index contributed by atoms with van der Waals surface area (Å²) in [7, 11) is 0. The van der Waals surface area contributed by atoms with Gasteiger partial charge in [0.2, 0.25) is 0 Å². The van der Waals surface area contributed by atoms with Crippen molar-refractivity contribution >= 4 is 28.0 Å². The van der Waals surface area contributed by atoms with E-state index in [4.69, 9.17) is 0 Å². The number of rotatable bonds is 4. The molecule has 2 heteroatoms. The van der Waals surface area contributed by atoms with Crippen LogP contribution in [0.1, 0.15) is 22.3 Å². The molecule has 0 N–H and O–H groups in total. The Labute approximate surface area is 193 Å². The molecule has 30 heavy (non-hydrogen) atoms. The molecule has 0 atom stereocenters. The molecule has 0 fully saturated rings. The van der Waals surface area contributed by atoms with Crippen LogP contribution in [0.5, 0.6) is 0 Å². The summed E-state index contributed by atoms with van der Waals surface area (Å²) in [5, 5.41) is 0. The van der Waals surface area contributed by atoms with E-state index in [2.05, 4.69) is 125 Å². The molecule has 0 aliphatic rings. The molecule has 4 rings (SSSR count). The molecule has 0 saturated heterocycles. The van der Waals surface area contributed by atoms with E-state index in [1.807, 2.05) is 0 Å². The van der Waals surface area contributed by atoms with E-state index in [1.54, 1.807) is 0 Å². The number of aryl methyl sites for hydroxylation is 4. The van der Waals surface area contributed by atoms with Crippen LogP contribution in [0, 0.1) is 27.7 Å². The van der Waals surface area contributed by atoms with Gasteiger partial charge in [-0.05, 0) is 27.7 Å². The predicted molar refractivity (Wildman–Crippen MR) is 129 cm³/mol. The van der Waals surface area contributed by atoms with Crippen LogP contribution in [-0.4, -0.2) is 6.15 Å². The molecular weight excluding hydrogens is 354 g/mol. The van der Waals surface area contributed by atoms with Crippen LogP contribution in [0.15, 0.2) is 97.1 Å². The Morgan fingerprint density at radius 2 is 0.633 bits per heavy atom. The van der Waals surface area contributed by atoms with Gasteiger partial charge in [-0.15, -0.1) is 0 Å². The third-order valence-corrected chi connectivity index (χ3v) is 6.17. The summed E-state index contributed by atoms with van der Waals surface area (Å²) >= 11 is 0. The van der Waals surface area contributed by atoms with Gasteiger partial charge in [-0.25, -0.2) is 0 Å². The fraction of sp³-hybridized carbons (Fsp3) is 0.143. The molecule has 144 valence electrons. The molecule has 0 heterocycles. The van der Waals surface area contributed by atoms with E-state index in [1.165, 1.54) is 44.1 Å². The van der Waals surface area contributed by atoms with Crippen molar-refractivity contribution in [3.8, 4) is 0 Å². The van der Waals surface area contributed by atoms with Gasteiger partial charge in [-0.2, -0.15) is 21.9 Å². The molecule has 0 saturated carbocycles. The second-order valence-corrected chi connectivity index (χ2v) is 8.52. The monoisotopic (exact) mass is 382 g/mol. The van der Waals surface area contributed by atoms with Gasteiger partial charge in [0.25, 0.3) is 0 Å². The predicted octanol–water partition coefficient (Wildman–Crippen LogP) is 1.30. The van der Waals surface area contributed by atoms with Gasteiger partial charge in [0.05, 0.1) is 0 Å². The molecule has 0 amide bonds. The second-order valence-electron chi connectivity index (χ2n) is 8.52. The summed E-state index contributed by atoms with van der Waals surface area (Å²) in [6, 6.07) is 36.2. The fourth-order valence-electron chi connectivity index (χ4n) is 4.91. The van der Waals surface area contributed by atoms with Gasteiger partial charge < -0.3 is 0 Å². The molecule has 4 aromatic rings. The zero-order valence-corrected chi connectivity index (χ0v) is 18.8. The van der Waals surface area contributed by atoms with Crippen LogP contribution in [0.3, 0.4) is 0 Å². The normalized spacial score (nSPS) is 11.1. The molecule has 0 aliphatic carbocycles. The average molecular weight is 382 g/mol. The largest absolute Gasteiger partial charge is 1.00 e. The van der Waals surface area contributed by atoms with Gasteiger partial charge in [-0.1, -0.05) is 119 Å². The zero-order chi connectivity index (χ0) is 20.4. The Balaban J connectivity index is 0.00000256. The van der Waals surface area contributed by atoms with Gasteiger partial charge in [-0.3, -0.25) is 0 Å². The topological polar surface area (TPSA) is 0 Å². The number of hydrogen-bond donors (Lipinski definition) is 0. The van der Waals surface area contributed by atoms with Gasteiger partial charge >= 0.3 is 18.9 Å². The number of hydrogen-bond acceptors (Lipinski definition) is 0. The van der Waals surface area contributed by atoms with E-state index in [-0.39, 0.29) is 18.9 Å². The van der Waals surface area contributed by atoms with E-state index in [0.717, 1.165) is 0 Å². The maximum Gasteiger partial charge on any atom is 1.00 e. The summed E-state index contributed by atoms with van der Waals surface area (Å²) < 4.78 is 0. The molecule has 0 spiro atoms. The molecule has 0 radical (unpaired) electrons. The molecule has 0 aromatic heterocycles. The molecule has 4 aromatic carbocycles. The van der Waals surface area contributed by atoms with Crippen molar-refractivity contribution in [2.24, 2.45) is 0 Å². The minimum Gasteiger partial charge on any atom is -0.195 e. The Hall–Kier alpha value is -2.46. The molecule has 0 unspecified atom stereocenters. The first-order valence-corrected chi connectivity index (χ1v) is 10.4. The zero-order valence-electron chi connectivity index (χ0n) is 18.8. The summed E-state index contributed by atoms with van der Waals surface area (Å²) in [5.74, 6) is 0. The van der Waals surface area contributed by atoms with E-state index in [0.29, 0.717) is 0 Å². The maximum absolute atomic E-state index is 2.37. The number of benzene rings is 4. The Kier molecular flexibility index (Phi) is 6.77. The fourth-order valence-corrected chi connectivity index (χ4v) is 4.91. The van der Waals surface area contributed by atoms with Crippen molar-refractivity contribution < 1.29 is 18.9 Å². The first kappa shape index (κ1) is 22.2. The van der Waals surface area contributed by atoms with Crippen LogP contribution < -0.4 is 40.7 Å². The molecular formula is C28H28BLi. The Bertz CT molecular complexity index is 975. The summed E-state index contributed by atoms with van der Waals surface area (Å²) in [6.07, 6.45) is -1.29. The van der Waals surface area contributed by atoms with Crippen molar-refractivity contribution in [1.82, 2.24) is 0 Å². The van der Waals surface area contributed by atoms with E-state index < -0.39 is 6.15 Å². The standard InChI is InChI=1S/C28H28B.Li/c1-21-9-5-13-25(17-21)29(26-14-6-10-22(2)18-26,27-15-7-11-23(3)19-27)28-16-8-12-24(4)20-28;/h5-20H,1-4H3;/q-1;+1. The Morgan fingerprint density at radius 1 is 0.400 bits per heavy atom. The minimum atomic E-state index is -1.29. The summed E-state index contributed by atoms with van der Waals surface area (Å²) in [5.41, 5.74) is 10.6. The van der Waals surface area contributed by atoms with E-state index in [9.17, 15) is 0 Å². The van der Waals surface area contributed by atoms with Gasteiger partial charge in [0.15, 0.2) is 0 Å². The smallest absolute Gasteiger partial charge is 0.195 e. The Morgan fingerprint density at radius 3 is 0.833 bits per heavy atom. The first-order chi connectivity index (χ1) is 14.0. The second kappa shape index (κ2) is 9.13. The first-order valence-electron chi connectivity index (χ1n) is 10.4. The van der Waals surface area contributed by atoms with Crippen LogP contribution in [0.4, 0.5) is 0 Å². The maximum atomic E-state index is 2.37. The molecule has 0 nitrogen and oxygen atoms in total. The average Bonchev–Trinajstić information content (AvgIpc) is 2.69. The minimum absolute atomic E-state index is 0. The van der Waals surface area contributed by atoms with Crippen LogP contribution in [0.25, 0.3) is 0 Å². The molecule has 0 bridgehead atoms. The van der Waals surface area contributed by atoms with Crippen molar-refractivity contribution in [1.29, 1.82) is 0 Å². The summed E-state index contributed by atoms with van der Waals surface area (Å²) in [6.45, 7) is 8.75. The SMILES string of the molecule is Cc1cccc([B-](c2cccc(C)c2)(c2cccc(C)c2)c2cccc(C)c2)c1.[Li+]. The van der Waals surface area contributed by atoms with Crippen molar-refractivity contribution in [3.05, 3.63) is 119 Å².